The van der Waals surface area contributed by atoms with E-state index in [4.69, 9.17) is 5.73 Å². The van der Waals surface area contributed by atoms with Crippen LogP contribution in [0.5, 0.6) is 0 Å². The Morgan fingerprint density at radius 3 is 2.50 bits per heavy atom. The van der Waals surface area contributed by atoms with E-state index in [2.05, 4.69) is 0 Å². The third-order valence-electron chi connectivity index (χ3n) is 2.49. The van der Waals surface area contributed by atoms with Crippen LogP contribution in [0, 0.1) is 0 Å². The fourth-order valence-electron chi connectivity index (χ4n) is 1.51. The van der Waals surface area contributed by atoms with Gasteiger partial charge in [-0.3, -0.25) is 9.59 Å². The summed E-state index contributed by atoms with van der Waals surface area (Å²) in [6.45, 7) is 5.89. The molecule has 1 atom stereocenters. The molecule has 0 spiro atoms. The highest BCUT2D eigenvalue weighted by Gasteiger charge is 2.34. The maximum atomic E-state index is 11.6. The smallest absolute Gasteiger partial charge is 0.242 e. The predicted molar refractivity (Wildman–Crippen MR) is 52.5 cm³/mol. The lowest BCUT2D eigenvalue weighted by atomic mass is 10.1. The van der Waals surface area contributed by atoms with Crippen molar-refractivity contribution in [2.24, 2.45) is 5.73 Å². The van der Waals surface area contributed by atoms with E-state index in [9.17, 15) is 9.59 Å². The zero-order chi connectivity index (χ0) is 10.7. The van der Waals surface area contributed by atoms with Crippen LogP contribution in [-0.4, -0.2) is 53.8 Å². The van der Waals surface area contributed by atoms with E-state index in [1.165, 1.54) is 4.90 Å². The van der Waals surface area contributed by atoms with Gasteiger partial charge in [-0.05, 0) is 13.8 Å². The second kappa shape index (κ2) is 4.41. The molecule has 0 aromatic carbocycles. The minimum atomic E-state index is -0.389. The molecule has 0 saturated carbocycles. The molecule has 1 aliphatic rings. The molecule has 5 nitrogen and oxygen atoms in total. The van der Waals surface area contributed by atoms with E-state index in [0.29, 0.717) is 19.6 Å². The van der Waals surface area contributed by atoms with Crippen LogP contribution in [0.2, 0.25) is 0 Å². The van der Waals surface area contributed by atoms with Crippen molar-refractivity contribution in [1.82, 2.24) is 9.80 Å². The van der Waals surface area contributed by atoms with Gasteiger partial charge in [0.1, 0.15) is 6.04 Å². The molecule has 2 N–H and O–H groups in total. The van der Waals surface area contributed by atoms with Crippen molar-refractivity contribution < 1.29 is 9.59 Å². The molecule has 14 heavy (non-hydrogen) atoms. The van der Waals surface area contributed by atoms with Crippen LogP contribution in [-0.2, 0) is 9.59 Å². The van der Waals surface area contributed by atoms with Crippen molar-refractivity contribution >= 4 is 11.8 Å². The van der Waals surface area contributed by atoms with Crippen LogP contribution < -0.4 is 5.73 Å². The van der Waals surface area contributed by atoms with Gasteiger partial charge in [0.25, 0.3) is 0 Å². The van der Waals surface area contributed by atoms with E-state index in [-0.39, 0.29) is 24.4 Å². The Bertz CT molecular complexity index is 238. The standard InChI is InChI=1S/C9H17N3O2/c1-3-11(4-2)8(13)6-12-5-7(10)9(12)14/h7H,3-6,10H2,1-2H3. The third kappa shape index (κ3) is 2.04. The number of β-lactam (4-membered cyclic amide) rings is 1. The molecule has 1 rings (SSSR count). The molecule has 80 valence electrons. The molecule has 1 fully saturated rings. The zero-order valence-electron chi connectivity index (χ0n) is 8.69. The highest BCUT2D eigenvalue weighted by molar-refractivity contribution is 5.91. The fraction of sp³-hybridized carbons (Fsp3) is 0.778. The van der Waals surface area contributed by atoms with E-state index in [1.807, 2.05) is 13.8 Å². The Morgan fingerprint density at radius 1 is 1.57 bits per heavy atom. The number of likely N-dealkylation sites (N-methyl/N-ethyl adjacent to an activating group) is 1. The van der Waals surface area contributed by atoms with E-state index < -0.39 is 0 Å². The number of hydrogen-bond donors (Lipinski definition) is 1. The summed E-state index contributed by atoms with van der Waals surface area (Å²) in [6, 6.07) is -0.389. The van der Waals surface area contributed by atoms with Crippen molar-refractivity contribution in [2.75, 3.05) is 26.2 Å². The summed E-state index contributed by atoms with van der Waals surface area (Å²) in [5.74, 6) is -0.124. The second-order valence-corrected chi connectivity index (χ2v) is 3.39. The summed E-state index contributed by atoms with van der Waals surface area (Å²) in [4.78, 5) is 25.9. The van der Waals surface area contributed by atoms with Gasteiger partial charge in [0.15, 0.2) is 0 Å². The number of carbonyl (C=O) groups is 2. The highest BCUT2D eigenvalue weighted by atomic mass is 16.2. The SMILES string of the molecule is CCN(CC)C(=O)CN1CC(N)C1=O. The van der Waals surface area contributed by atoms with Gasteiger partial charge in [0.05, 0.1) is 6.54 Å². The van der Waals surface area contributed by atoms with E-state index in [1.54, 1.807) is 4.90 Å². The molecular formula is C9H17N3O2. The van der Waals surface area contributed by atoms with Gasteiger partial charge in [-0.1, -0.05) is 0 Å². The summed E-state index contributed by atoms with van der Waals surface area (Å²) >= 11 is 0. The lowest BCUT2D eigenvalue weighted by Crippen LogP contribution is -2.62. The molecule has 1 aliphatic heterocycles. The van der Waals surface area contributed by atoms with Crippen molar-refractivity contribution in [3.63, 3.8) is 0 Å². The summed E-state index contributed by atoms with van der Waals surface area (Å²) in [7, 11) is 0. The summed E-state index contributed by atoms with van der Waals surface area (Å²) in [5.41, 5.74) is 5.41. The van der Waals surface area contributed by atoms with Crippen LogP contribution in [0.1, 0.15) is 13.8 Å². The van der Waals surface area contributed by atoms with Crippen LogP contribution in [0.4, 0.5) is 0 Å². The molecular weight excluding hydrogens is 182 g/mol. The van der Waals surface area contributed by atoms with Gasteiger partial charge >= 0.3 is 0 Å². The van der Waals surface area contributed by atoms with Crippen molar-refractivity contribution in [2.45, 2.75) is 19.9 Å². The predicted octanol–water partition coefficient (Wildman–Crippen LogP) is -0.976. The van der Waals surface area contributed by atoms with Gasteiger partial charge in [-0.2, -0.15) is 0 Å². The van der Waals surface area contributed by atoms with Crippen molar-refractivity contribution in [3.05, 3.63) is 0 Å². The molecule has 0 bridgehead atoms. The molecule has 1 unspecified atom stereocenters. The lowest BCUT2D eigenvalue weighted by Gasteiger charge is -2.36. The largest absolute Gasteiger partial charge is 0.342 e. The molecule has 1 heterocycles. The highest BCUT2D eigenvalue weighted by Crippen LogP contribution is 2.07. The second-order valence-electron chi connectivity index (χ2n) is 3.39. The maximum absolute atomic E-state index is 11.6. The third-order valence-corrected chi connectivity index (χ3v) is 2.49. The minimum Gasteiger partial charge on any atom is -0.342 e. The van der Waals surface area contributed by atoms with Crippen LogP contribution in [0.15, 0.2) is 0 Å². The topological polar surface area (TPSA) is 66.6 Å². The molecule has 0 aromatic heterocycles. The summed E-state index contributed by atoms with van der Waals surface area (Å²) < 4.78 is 0. The minimum absolute atomic E-state index is 0.00440. The van der Waals surface area contributed by atoms with E-state index in [0.717, 1.165) is 0 Å². The quantitative estimate of drug-likeness (QED) is 0.592. The van der Waals surface area contributed by atoms with Crippen molar-refractivity contribution in [1.29, 1.82) is 0 Å². The average molecular weight is 199 g/mol. The van der Waals surface area contributed by atoms with Crippen LogP contribution in [0.3, 0.4) is 0 Å². The molecule has 0 radical (unpaired) electrons. The Hall–Kier alpha value is -1.10. The Labute approximate surface area is 83.8 Å². The number of nitrogens with zero attached hydrogens (tertiary/aromatic N) is 2. The molecule has 0 aliphatic carbocycles. The average Bonchev–Trinajstić information content (AvgIpc) is 2.19. The first-order valence-electron chi connectivity index (χ1n) is 4.92. The number of rotatable bonds is 4. The lowest BCUT2D eigenvalue weighted by molar-refractivity contribution is -0.148. The monoisotopic (exact) mass is 199 g/mol. The number of carbonyl (C=O) groups excluding carboxylic acids is 2. The Balaban J connectivity index is 2.38. The zero-order valence-corrected chi connectivity index (χ0v) is 8.69. The van der Waals surface area contributed by atoms with E-state index >= 15 is 0 Å². The number of nitrogens with two attached hydrogens (primary N) is 1. The van der Waals surface area contributed by atoms with Gasteiger partial charge in [0, 0.05) is 19.6 Å². The van der Waals surface area contributed by atoms with Crippen LogP contribution >= 0.6 is 0 Å². The summed E-state index contributed by atoms with van der Waals surface area (Å²) in [6.07, 6.45) is 0. The fourth-order valence-corrected chi connectivity index (χ4v) is 1.51. The normalized spacial score (nSPS) is 20.6. The first-order valence-corrected chi connectivity index (χ1v) is 4.92. The number of likely N-dealkylation sites (tertiary alicyclic amines) is 1. The molecule has 2 amide bonds. The van der Waals surface area contributed by atoms with Gasteiger partial charge in [-0.15, -0.1) is 0 Å². The Morgan fingerprint density at radius 2 is 2.14 bits per heavy atom. The number of hydrogen-bond acceptors (Lipinski definition) is 3. The maximum Gasteiger partial charge on any atom is 0.242 e. The van der Waals surface area contributed by atoms with Gasteiger partial charge in [0.2, 0.25) is 11.8 Å². The first-order chi connectivity index (χ1) is 6.60. The van der Waals surface area contributed by atoms with Crippen LogP contribution in [0.25, 0.3) is 0 Å². The van der Waals surface area contributed by atoms with Gasteiger partial charge < -0.3 is 15.5 Å². The van der Waals surface area contributed by atoms with Crippen molar-refractivity contribution in [3.8, 4) is 0 Å². The Kier molecular flexibility index (Phi) is 3.46. The summed E-state index contributed by atoms with van der Waals surface area (Å²) in [5, 5.41) is 0. The molecule has 5 heteroatoms. The molecule has 0 aromatic rings. The van der Waals surface area contributed by atoms with Gasteiger partial charge in [-0.25, -0.2) is 0 Å². The molecule has 1 saturated heterocycles. The number of amides is 2. The first kappa shape index (κ1) is 11.0.